The minimum absolute atomic E-state index is 0.0241. The van der Waals surface area contributed by atoms with Crippen molar-refractivity contribution in [3.8, 4) is 5.88 Å². The molecular weight excluding hydrogens is 226 g/mol. The molecule has 0 aliphatic carbocycles. The first kappa shape index (κ1) is 13.3. The smallest absolute Gasteiger partial charge is 0.213 e. The predicted octanol–water partition coefficient (Wildman–Crippen LogP) is 1.96. The molecule has 2 rings (SSSR count). The molecule has 1 aliphatic rings. The quantitative estimate of drug-likeness (QED) is 0.886. The molecule has 0 spiro atoms. The van der Waals surface area contributed by atoms with Crippen LogP contribution in [-0.2, 0) is 0 Å². The highest BCUT2D eigenvalue weighted by atomic mass is 16.5. The highest BCUT2D eigenvalue weighted by Gasteiger charge is 2.19. The first-order chi connectivity index (χ1) is 8.66. The predicted molar refractivity (Wildman–Crippen MR) is 72.6 cm³/mol. The number of likely N-dealkylation sites (N-methyl/N-ethyl adjacent to an activating group) is 1. The molecule has 4 heteroatoms. The zero-order valence-electron chi connectivity index (χ0n) is 11.3. The minimum Gasteiger partial charge on any atom is -0.476 e. The molecule has 1 aromatic rings. The Kier molecular flexibility index (Phi) is 4.55. The van der Waals surface area contributed by atoms with E-state index >= 15 is 0 Å². The molecule has 1 aromatic heterocycles. The summed E-state index contributed by atoms with van der Waals surface area (Å²) in [7, 11) is 2.17. The molecule has 4 nitrogen and oxygen atoms in total. The first-order valence-electron chi connectivity index (χ1n) is 6.71. The second-order valence-corrected chi connectivity index (χ2v) is 5.16. The average molecular weight is 249 g/mol. The number of pyridine rings is 1. The van der Waals surface area contributed by atoms with Crippen LogP contribution in [0.5, 0.6) is 5.88 Å². The fourth-order valence-corrected chi connectivity index (χ4v) is 2.28. The summed E-state index contributed by atoms with van der Waals surface area (Å²) in [6, 6.07) is 4.43. The molecule has 0 amide bonds. The molecule has 0 radical (unpaired) electrons. The number of rotatable bonds is 4. The van der Waals surface area contributed by atoms with Gasteiger partial charge in [-0.1, -0.05) is 12.5 Å². The van der Waals surface area contributed by atoms with Crippen LogP contribution >= 0.6 is 0 Å². The van der Waals surface area contributed by atoms with E-state index in [1.165, 1.54) is 25.8 Å². The molecule has 0 saturated carbocycles. The van der Waals surface area contributed by atoms with Gasteiger partial charge < -0.3 is 15.4 Å². The monoisotopic (exact) mass is 249 g/mol. The van der Waals surface area contributed by atoms with Crippen LogP contribution in [0.3, 0.4) is 0 Å². The van der Waals surface area contributed by atoms with Crippen molar-refractivity contribution in [3.63, 3.8) is 0 Å². The Morgan fingerprint density at radius 2 is 2.33 bits per heavy atom. The van der Waals surface area contributed by atoms with Gasteiger partial charge in [-0.05, 0) is 38.9 Å². The zero-order valence-corrected chi connectivity index (χ0v) is 11.3. The molecule has 2 atom stereocenters. The van der Waals surface area contributed by atoms with Crippen LogP contribution < -0.4 is 10.5 Å². The van der Waals surface area contributed by atoms with Crippen molar-refractivity contribution in [2.75, 3.05) is 20.2 Å². The van der Waals surface area contributed by atoms with Crippen molar-refractivity contribution in [3.05, 3.63) is 23.9 Å². The zero-order chi connectivity index (χ0) is 13.0. The normalized spacial score (nSPS) is 22.7. The van der Waals surface area contributed by atoms with Crippen LogP contribution in [0.4, 0.5) is 0 Å². The summed E-state index contributed by atoms with van der Waals surface area (Å²) < 4.78 is 5.76. The Morgan fingerprint density at radius 3 is 2.94 bits per heavy atom. The Balaban J connectivity index is 1.85. The standard InChI is InChI=1S/C14H23N3O/c1-11(15)12-6-7-14(16-9-12)18-10-13-5-3-4-8-17(13)2/h6-7,9,11,13H,3-5,8,10,15H2,1-2H3/t11-,13?/m0/s1. The van der Waals surface area contributed by atoms with E-state index in [1.54, 1.807) is 6.20 Å². The molecule has 1 aliphatic heterocycles. The maximum atomic E-state index is 5.79. The summed E-state index contributed by atoms with van der Waals surface area (Å²) in [5.74, 6) is 0.693. The minimum atomic E-state index is 0.0241. The number of hydrogen-bond donors (Lipinski definition) is 1. The molecule has 2 heterocycles. The SMILES string of the molecule is C[C@H](N)c1ccc(OCC2CCCCN2C)nc1. The topological polar surface area (TPSA) is 51.4 Å². The highest BCUT2D eigenvalue weighted by molar-refractivity contribution is 5.20. The molecule has 2 N–H and O–H groups in total. The molecular formula is C14H23N3O. The lowest BCUT2D eigenvalue weighted by Gasteiger charge is -2.31. The van der Waals surface area contributed by atoms with Gasteiger partial charge in [0.05, 0.1) is 0 Å². The molecule has 18 heavy (non-hydrogen) atoms. The van der Waals surface area contributed by atoms with Crippen LogP contribution in [0.1, 0.15) is 37.8 Å². The van der Waals surface area contributed by atoms with E-state index in [9.17, 15) is 0 Å². The fraction of sp³-hybridized carbons (Fsp3) is 0.643. The average Bonchev–Trinajstić information content (AvgIpc) is 2.38. The number of nitrogens with two attached hydrogens (primary N) is 1. The summed E-state index contributed by atoms with van der Waals surface area (Å²) in [5, 5.41) is 0. The highest BCUT2D eigenvalue weighted by Crippen LogP contribution is 2.17. The largest absolute Gasteiger partial charge is 0.476 e. The summed E-state index contributed by atoms with van der Waals surface area (Å²) >= 11 is 0. The van der Waals surface area contributed by atoms with Gasteiger partial charge in [-0.25, -0.2) is 4.98 Å². The van der Waals surface area contributed by atoms with E-state index in [-0.39, 0.29) is 6.04 Å². The summed E-state index contributed by atoms with van der Waals surface area (Å²) in [5.41, 5.74) is 6.82. The number of likely N-dealkylation sites (tertiary alicyclic amines) is 1. The third kappa shape index (κ3) is 3.43. The number of nitrogens with zero attached hydrogens (tertiary/aromatic N) is 2. The lowest BCUT2D eigenvalue weighted by Crippen LogP contribution is -2.40. The maximum Gasteiger partial charge on any atom is 0.213 e. The van der Waals surface area contributed by atoms with Gasteiger partial charge in [0.25, 0.3) is 0 Å². The Bertz CT molecular complexity index is 364. The molecule has 1 fully saturated rings. The van der Waals surface area contributed by atoms with Crippen LogP contribution in [0.15, 0.2) is 18.3 Å². The van der Waals surface area contributed by atoms with E-state index in [0.29, 0.717) is 11.9 Å². The molecule has 100 valence electrons. The lowest BCUT2D eigenvalue weighted by atomic mass is 10.0. The summed E-state index contributed by atoms with van der Waals surface area (Å²) in [6.07, 6.45) is 5.61. The van der Waals surface area contributed by atoms with Crippen LogP contribution in [-0.4, -0.2) is 36.1 Å². The second-order valence-electron chi connectivity index (χ2n) is 5.16. The van der Waals surface area contributed by atoms with E-state index in [4.69, 9.17) is 10.5 Å². The summed E-state index contributed by atoms with van der Waals surface area (Å²) in [4.78, 5) is 6.66. The number of piperidine rings is 1. The number of aromatic nitrogens is 1. The van der Waals surface area contributed by atoms with Crippen LogP contribution in [0.25, 0.3) is 0 Å². The van der Waals surface area contributed by atoms with Crippen molar-refractivity contribution in [1.82, 2.24) is 9.88 Å². The van der Waals surface area contributed by atoms with Gasteiger partial charge in [0.1, 0.15) is 6.61 Å². The van der Waals surface area contributed by atoms with E-state index in [0.717, 1.165) is 12.2 Å². The van der Waals surface area contributed by atoms with Gasteiger partial charge in [-0.3, -0.25) is 0 Å². The van der Waals surface area contributed by atoms with Crippen molar-refractivity contribution >= 4 is 0 Å². The number of ether oxygens (including phenoxy) is 1. The molecule has 1 unspecified atom stereocenters. The second kappa shape index (κ2) is 6.16. The van der Waals surface area contributed by atoms with Crippen molar-refractivity contribution in [1.29, 1.82) is 0 Å². The third-order valence-electron chi connectivity index (χ3n) is 3.63. The van der Waals surface area contributed by atoms with Gasteiger partial charge in [0.2, 0.25) is 5.88 Å². The Labute approximate surface area is 109 Å². The van der Waals surface area contributed by atoms with Gasteiger partial charge in [0.15, 0.2) is 0 Å². The van der Waals surface area contributed by atoms with Crippen molar-refractivity contribution < 1.29 is 4.74 Å². The molecule has 0 bridgehead atoms. The summed E-state index contributed by atoms with van der Waals surface area (Å²) in [6.45, 7) is 3.85. The van der Waals surface area contributed by atoms with Crippen LogP contribution in [0, 0.1) is 0 Å². The Hall–Kier alpha value is -1.13. The van der Waals surface area contributed by atoms with Gasteiger partial charge in [0, 0.05) is 24.3 Å². The van der Waals surface area contributed by atoms with Gasteiger partial charge in [-0.2, -0.15) is 0 Å². The first-order valence-corrected chi connectivity index (χ1v) is 6.71. The van der Waals surface area contributed by atoms with E-state index in [1.807, 2.05) is 19.1 Å². The third-order valence-corrected chi connectivity index (χ3v) is 3.63. The van der Waals surface area contributed by atoms with Gasteiger partial charge in [-0.15, -0.1) is 0 Å². The van der Waals surface area contributed by atoms with Crippen molar-refractivity contribution in [2.45, 2.75) is 38.3 Å². The van der Waals surface area contributed by atoms with Gasteiger partial charge >= 0.3 is 0 Å². The van der Waals surface area contributed by atoms with E-state index < -0.39 is 0 Å². The fourth-order valence-electron chi connectivity index (χ4n) is 2.28. The maximum absolute atomic E-state index is 5.79. The molecule has 0 aromatic carbocycles. The number of hydrogen-bond acceptors (Lipinski definition) is 4. The lowest BCUT2D eigenvalue weighted by molar-refractivity contribution is 0.122. The molecule has 1 saturated heterocycles. The van der Waals surface area contributed by atoms with E-state index in [2.05, 4.69) is 16.9 Å². The van der Waals surface area contributed by atoms with Crippen LogP contribution in [0.2, 0.25) is 0 Å². The Morgan fingerprint density at radius 1 is 1.50 bits per heavy atom. The van der Waals surface area contributed by atoms with Crippen molar-refractivity contribution in [2.24, 2.45) is 5.73 Å².